The van der Waals surface area contributed by atoms with Crippen LogP contribution in [-0.4, -0.2) is 28.6 Å². The zero-order valence-corrected chi connectivity index (χ0v) is 13.9. The first kappa shape index (κ1) is 15.1. The number of methoxy groups -OCH3 is 1. The molecule has 0 saturated heterocycles. The van der Waals surface area contributed by atoms with Crippen LogP contribution in [0.5, 0.6) is 0 Å². The zero-order valence-electron chi connectivity index (χ0n) is 11.8. The molecule has 0 saturated carbocycles. The van der Waals surface area contributed by atoms with Crippen LogP contribution in [0.15, 0.2) is 18.2 Å². The van der Waals surface area contributed by atoms with Gasteiger partial charge in [-0.3, -0.25) is 0 Å². The van der Waals surface area contributed by atoms with E-state index in [0.29, 0.717) is 12.4 Å². The summed E-state index contributed by atoms with van der Waals surface area (Å²) in [6, 6.07) is 5.83. The van der Waals surface area contributed by atoms with Crippen LogP contribution in [0, 0.1) is 10.5 Å². The summed E-state index contributed by atoms with van der Waals surface area (Å²) in [6.07, 6.45) is 0. The molecule has 1 N–H and O–H groups in total. The Bertz CT molecular complexity index is 576. The van der Waals surface area contributed by atoms with Gasteiger partial charge in [-0.25, -0.2) is 15.0 Å². The Hall–Kier alpha value is -1.28. The molecule has 0 amide bonds. The van der Waals surface area contributed by atoms with Crippen LogP contribution < -0.4 is 5.32 Å². The summed E-state index contributed by atoms with van der Waals surface area (Å²) in [5.41, 5.74) is 2.60. The predicted octanol–water partition coefficient (Wildman–Crippen LogP) is 3.03. The molecular weight excluding hydrogens is 367 g/mol. The van der Waals surface area contributed by atoms with E-state index in [1.54, 1.807) is 7.11 Å². The molecule has 2 aromatic heterocycles. The van der Waals surface area contributed by atoms with Gasteiger partial charge < -0.3 is 10.1 Å². The fraction of sp³-hybridized carbons (Fsp3) is 0.357. The summed E-state index contributed by atoms with van der Waals surface area (Å²) in [5, 5.41) is 3.26. The van der Waals surface area contributed by atoms with Crippen LogP contribution in [-0.2, 0) is 11.3 Å². The number of nitrogens with zero attached hydrogens (tertiary/aromatic N) is 3. The second-order valence-electron chi connectivity index (χ2n) is 4.28. The fourth-order valence-electron chi connectivity index (χ4n) is 1.79. The lowest BCUT2D eigenvalue weighted by atomic mass is 10.3. The second-order valence-corrected chi connectivity index (χ2v) is 5.36. The number of hydrogen-bond acceptors (Lipinski definition) is 5. The Morgan fingerprint density at radius 1 is 1.25 bits per heavy atom. The highest BCUT2D eigenvalue weighted by Gasteiger charge is 2.13. The summed E-state index contributed by atoms with van der Waals surface area (Å²) < 4.78 is 6.20. The number of pyridine rings is 1. The van der Waals surface area contributed by atoms with Gasteiger partial charge in [-0.2, -0.15) is 0 Å². The Kier molecular flexibility index (Phi) is 5.24. The average molecular weight is 384 g/mol. The molecule has 0 fully saturated rings. The summed E-state index contributed by atoms with van der Waals surface area (Å²) >= 11 is 2.24. The maximum Gasteiger partial charge on any atom is 0.180 e. The van der Waals surface area contributed by atoms with E-state index in [9.17, 15) is 0 Å². The van der Waals surface area contributed by atoms with Crippen molar-refractivity contribution < 1.29 is 4.74 Å². The molecule has 0 aliphatic rings. The van der Waals surface area contributed by atoms with Crippen LogP contribution in [0.25, 0.3) is 11.5 Å². The Morgan fingerprint density at radius 2 is 2.05 bits per heavy atom. The van der Waals surface area contributed by atoms with Gasteiger partial charge in [0.1, 0.15) is 11.5 Å². The van der Waals surface area contributed by atoms with E-state index in [1.807, 2.05) is 32.0 Å². The lowest BCUT2D eigenvalue weighted by Gasteiger charge is -2.11. The number of hydrogen-bond donors (Lipinski definition) is 1. The Labute approximate surface area is 132 Å². The third-order valence-corrected chi connectivity index (χ3v) is 3.80. The van der Waals surface area contributed by atoms with Gasteiger partial charge in [-0.1, -0.05) is 6.07 Å². The standard InChI is InChI=1S/C14H17IN4O/c1-4-16-14-12(15)11(8-20-3)18-13(19-14)10-7-5-6-9(2)17-10/h5-7H,4,8H2,1-3H3,(H,16,18,19). The number of aromatic nitrogens is 3. The molecule has 0 unspecified atom stereocenters. The van der Waals surface area contributed by atoms with E-state index in [1.165, 1.54) is 0 Å². The summed E-state index contributed by atoms with van der Waals surface area (Å²) in [5.74, 6) is 1.45. The van der Waals surface area contributed by atoms with Crippen molar-refractivity contribution in [3.63, 3.8) is 0 Å². The smallest absolute Gasteiger partial charge is 0.180 e. The first-order valence-corrected chi connectivity index (χ1v) is 7.46. The third-order valence-electron chi connectivity index (χ3n) is 2.66. The molecule has 5 nitrogen and oxygen atoms in total. The molecule has 0 aliphatic carbocycles. The molecule has 2 rings (SSSR count). The maximum atomic E-state index is 5.21. The van der Waals surface area contributed by atoms with Gasteiger partial charge in [0, 0.05) is 19.3 Å². The van der Waals surface area contributed by atoms with Crippen LogP contribution in [0.2, 0.25) is 0 Å². The highest BCUT2D eigenvalue weighted by Crippen LogP contribution is 2.23. The van der Waals surface area contributed by atoms with Crippen molar-refractivity contribution in [3.8, 4) is 11.5 Å². The summed E-state index contributed by atoms with van der Waals surface area (Å²) in [7, 11) is 1.66. The van der Waals surface area contributed by atoms with Crippen molar-refractivity contribution >= 4 is 28.4 Å². The van der Waals surface area contributed by atoms with E-state index >= 15 is 0 Å². The molecule has 0 bridgehead atoms. The molecule has 0 atom stereocenters. The monoisotopic (exact) mass is 384 g/mol. The summed E-state index contributed by atoms with van der Waals surface area (Å²) in [4.78, 5) is 13.6. The minimum atomic E-state index is 0.456. The highest BCUT2D eigenvalue weighted by molar-refractivity contribution is 14.1. The molecule has 0 spiro atoms. The number of rotatable bonds is 5. The van der Waals surface area contributed by atoms with E-state index in [0.717, 1.165) is 33.0 Å². The molecule has 20 heavy (non-hydrogen) atoms. The highest BCUT2D eigenvalue weighted by atomic mass is 127. The van der Waals surface area contributed by atoms with Crippen molar-refractivity contribution in [1.82, 2.24) is 15.0 Å². The number of aryl methyl sites for hydroxylation is 1. The SMILES string of the molecule is CCNc1nc(-c2cccc(C)n2)nc(COC)c1I. The second kappa shape index (κ2) is 6.94. The Morgan fingerprint density at radius 3 is 2.70 bits per heavy atom. The zero-order chi connectivity index (χ0) is 14.5. The maximum absolute atomic E-state index is 5.21. The quantitative estimate of drug-likeness (QED) is 0.804. The molecule has 6 heteroatoms. The molecule has 2 heterocycles. The van der Waals surface area contributed by atoms with Crippen molar-refractivity contribution in [2.24, 2.45) is 0 Å². The molecular formula is C14H17IN4O. The Balaban J connectivity index is 2.52. The van der Waals surface area contributed by atoms with Gasteiger partial charge >= 0.3 is 0 Å². The lowest BCUT2D eigenvalue weighted by molar-refractivity contribution is 0.181. The van der Waals surface area contributed by atoms with E-state index in [-0.39, 0.29) is 0 Å². The first-order chi connectivity index (χ1) is 9.65. The van der Waals surface area contributed by atoms with Gasteiger partial charge in [0.05, 0.1) is 15.9 Å². The van der Waals surface area contributed by atoms with Gasteiger partial charge in [-0.05, 0) is 48.6 Å². The van der Waals surface area contributed by atoms with Crippen molar-refractivity contribution in [2.75, 3.05) is 19.0 Å². The van der Waals surface area contributed by atoms with Gasteiger partial charge in [0.2, 0.25) is 0 Å². The topological polar surface area (TPSA) is 59.9 Å². The molecule has 106 valence electrons. The van der Waals surface area contributed by atoms with Crippen LogP contribution in [0.1, 0.15) is 18.3 Å². The minimum absolute atomic E-state index is 0.456. The lowest BCUT2D eigenvalue weighted by Crippen LogP contribution is -2.09. The van der Waals surface area contributed by atoms with E-state index in [4.69, 9.17) is 4.74 Å². The largest absolute Gasteiger partial charge is 0.378 e. The van der Waals surface area contributed by atoms with Gasteiger partial charge in [0.15, 0.2) is 5.82 Å². The number of ether oxygens (including phenoxy) is 1. The minimum Gasteiger partial charge on any atom is -0.378 e. The van der Waals surface area contributed by atoms with Gasteiger partial charge in [0.25, 0.3) is 0 Å². The number of halogens is 1. The third kappa shape index (κ3) is 3.43. The van der Waals surface area contributed by atoms with Crippen LogP contribution in [0.3, 0.4) is 0 Å². The first-order valence-electron chi connectivity index (χ1n) is 6.39. The van der Waals surface area contributed by atoms with Crippen molar-refractivity contribution in [1.29, 1.82) is 0 Å². The number of anilines is 1. The molecule has 0 aliphatic heterocycles. The molecule has 2 aromatic rings. The predicted molar refractivity (Wildman–Crippen MR) is 87.6 cm³/mol. The number of nitrogens with one attached hydrogen (secondary N) is 1. The van der Waals surface area contributed by atoms with Crippen LogP contribution in [0.4, 0.5) is 5.82 Å². The fourth-order valence-corrected chi connectivity index (χ4v) is 2.38. The van der Waals surface area contributed by atoms with Crippen molar-refractivity contribution in [3.05, 3.63) is 33.2 Å². The van der Waals surface area contributed by atoms with Gasteiger partial charge in [-0.15, -0.1) is 0 Å². The average Bonchev–Trinajstić information content (AvgIpc) is 2.43. The van der Waals surface area contributed by atoms with Crippen molar-refractivity contribution in [2.45, 2.75) is 20.5 Å². The van der Waals surface area contributed by atoms with E-state index < -0.39 is 0 Å². The normalized spacial score (nSPS) is 10.6. The van der Waals surface area contributed by atoms with Crippen LogP contribution >= 0.6 is 22.6 Å². The van der Waals surface area contributed by atoms with E-state index in [2.05, 4.69) is 42.9 Å². The molecule has 0 aromatic carbocycles. The summed E-state index contributed by atoms with van der Waals surface area (Å²) in [6.45, 7) is 5.26. The molecule has 0 radical (unpaired) electrons.